The Morgan fingerprint density at radius 1 is 0.822 bits per heavy atom. The number of phosphoric acid groups is 2. The SMILES string of the molecule is Nc1nc2c(ncn2[C@@H]2O[C@@H]3COP(=O)(O)OC4[C@@H](COP(=O)(O)O[C@H]3C2O)O[C@@H](n2cnc3c(N)ncnc32)[C@H]4O)c(=O)[nH]1. The number of aromatic nitrogens is 8. The van der Waals surface area contributed by atoms with E-state index in [1.165, 1.54) is 10.9 Å². The number of nitrogens with zero attached hydrogens (tertiary/aromatic N) is 7. The number of H-pyrrole nitrogens is 1. The van der Waals surface area contributed by atoms with Crippen molar-refractivity contribution in [2.24, 2.45) is 0 Å². The van der Waals surface area contributed by atoms with Crippen LogP contribution in [0.1, 0.15) is 12.5 Å². The number of fused-ring (bicyclic) bond motifs is 4. The van der Waals surface area contributed by atoms with Crippen molar-refractivity contribution in [1.82, 2.24) is 39.0 Å². The molecule has 0 saturated carbocycles. The molecule has 0 radical (unpaired) electrons. The van der Waals surface area contributed by atoms with Gasteiger partial charge in [0.15, 0.2) is 35.1 Å². The molecule has 3 aliphatic heterocycles. The fourth-order valence-corrected chi connectivity index (χ4v) is 7.25. The Kier molecular flexibility index (Phi) is 7.27. The van der Waals surface area contributed by atoms with Gasteiger partial charge in [-0.1, -0.05) is 0 Å². The van der Waals surface area contributed by atoms with E-state index in [0.29, 0.717) is 0 Å². The first-order valence-corrected chi connectivity index (χ1v) is 15.9. The van der Waals surface area contributed by atoms with Gasteiger partial charge in [0.05, 0.1) is 25.9 Å². The van der Waals surface area contributed by atoms with E-state index in [1.54, 1.807) is 0 Å². The first kappa shape index (κ1) is 30.2. The first-order valence-electron chi connectivity index (χ1n) is 13.0. The summed E-state index contributed by atoms with van der Waals surface area (Å²) in [5.74, 6) is -0.230. The lowest BCUT2D eigenvalue weighted by molar-refractivity contribution is -0.0664. The van der Waals surface area contributed by atoms with Crippen LogP contribution in [0.3, 0.4) is 0 Å². The predicted molar refractivity (Wildman–Crippen MR) is 143 cm³/mol. The maximum absolute atomic E-state index is 13.1. The molecule has 23 nitrogen and oxygen atoms in total. The zero-order chi connectivity index (χ0) is 31.8. The van der Waals surface area contributed by atoms with Crippen LogP contribution in [0, 0.1) is 0 Å². The maximum Gasteiger partial charge on any atom is 0.472 e. The Labute approximate surface area is 248 Å². The Balaban J connectivity index is 1.17. The number of hydrogen-bond acceptors (Lipinski definition) is 18. The van der Waals surface area contributed by atoms with E-state index in [4.69, 9.17) is 39.0 Å². The Morgan fingerprint density at radius 3 is 1.93 bits per heavy atom. The molecule has 9 N–H and O–H groups in total. The number of nitrogens with one attached hydrogen (secondary N) is 1. The second-order valence-corrected chi connectivity index (χ2v) is 13.0. The number of hydrogen-bond donors (Lipinski definition) is 7. The summed E-state index contributed by atoms with van der Waals surface area (Å²) < 4.78 is 60.9. The lowest BCUT2D eigenvalue weighted by atomic mass is 10.1. The standard InChI is InChI=1S/C20H24N10O13P2/c21-14-8-15(24-3-23-14)29(4-25-8)18-10(31)12-6(40-18)1-38-45(36,37)43-13-7(2-39-44(34,35)42-12)41-19(11(13)32)30-5-26-9-16(30)27-20(22)28-17(9)33/h3-7,10-13,18-19,31-32H,1-2H2,(H,34,35)(H,36,37)(H2,21,23,24)(H3,22,27,28,33)/t6-,7-,10+,11?,12?,13-,18-,19-/m1/s1. The molecule has 3 fully saturated rings. The Bertz CT molecular complexity index is 1940. The van der Waals surface area contributed by atoms with Gasteiger partial charge in [0.1, 0.15) is 48.5 Å². The highest BCUT2D eigenvalue weighted by Crippen LogP contribution is 2.53. The van der Waals surface area contributed by atoms with Crippen molar-refractivity contribution in [2.45, 2.75) is 49.1 Å². The lowest BCUT2D eigenvalue weighted by Crippen LogP contribution is -2.39. The average molecular weight is 674 g/mol. The van der Waals surface area contributed by atoms with Crippen molar-refractivity contribution < 1.29 is 56.7 Å². The summed E-state index contributed by atoms with van der Waals surface area (Å²) in [6.07, 6.45) is -9.11. The van der Waals surface area contributed by atoms with Crippen molar-refractivity contribution in [2.75, 3.05) is 24.7 Å². The van der Waals surface area contributed by atoms with Crippen LogP contribution < -0.4 is 17.0 Å². The molecular weight excluding hydrogens is 650 g/mol. The van der Waals surface area contributed by atoms with Gasteiger partial charge in [-0.15, -0.1) is 0 Å². The molecule has 0 amide bonds. The lowest BCUT2D eigenvalue weighted by Gasteiger charge is -2.27. The number of rotatable bonds is 2. The van der Waals surface area contributed by atoms with Gasteiger partial charge in [0.25, 0.3) is 5.56 Å². The molecule has 0 bridgehead atoms. The second kappa shape index (κ2) is 10.8. The summed E-state index contributed by atoms with van der Waals surface area (Å²) in [5.41, 5.74) is 10.8. The second-order valence-electron chi connectivity index (χ2n) is 10.1. The highest BCUT2D eigenvalue weighted by molar-refractivity contribution is 7.47. The highest BCUT2D eigenvalue weighted by Gasteiger charge is 2.54. The Morgan fingerprint density at radius 2 is 1.36 bits per heavy atom. The van der Waals surface area contributed by atoms with Crippen molar-refractivity contribution in [1.29, 1.82) is 0 Å². The van der Waals surface area contributed by atoms with E-state index in [0.717, 1.165) is 17.2 Å². The summed E-state index contributed by atoms with van der Waals surface area (Å²) in [4.78, 5) is 55.6. The predicted octanol–water partition coefficient (Wildman–Crippen LogP) is -2.34. The van der Waals surface area contributed by atoms with Crippen LogP contribution in [0.4, 0.5) is 11.8 Å². The highest BCUT2D eigenvalue weighted by atomic mass is 31.2. The molecule has 0 aromatic carbocycles. The number of anilines is 2. The van der Waals surface area contributed by atoms with Gasteiger partial charge in [-0.25, -0.2) is 29.1 Å². The molecule has 4 aromatic rings. The molecule has 45 heavy (non-hydrogen) atoms. The maximum atomic E-state index is 13.1. The molecule has 4 unspecified atom stereocenters. The molecule has 25 heteroatoms. The minimum atomic E-state index is -5.06. The molecule has 242 valence electrons. The number of nitrogen functional groups attached to an aromatic ring is 2. The number of aliphatic hydroxyl groups excluding tert-OH is 2. The largest absolute Gasteiger partial charge is 0.472 e. The van der Waals surface area contributed by atoms with Gasteiger partial charge < -0.3 is 40.9 Å². The fraction of sp³-hybridized carbons (Fsp3) is 0.500. The number of aliphatic hydroxyl groups is 2. The molecule has 3 saturated heterocycles. The van der Waals surface area contributed by atoms with Crippen LogP contribution in [-0.4, -0.2) is 109 Å². The molecule has 10 atom stereocenters. The summed E-state index contributed by atoms with van der Waals surface area (Å²) in [6, 6.07) is 0. The van der Waals surface area contributed by atoms with E-state index in [9.17, 15) is 33.9 Å². The van der Waals surface area contributed by atoms with Gasteiger partial charge in [0, 0.05) is 0 Å². The van der Waals surface area contributed by atoms with E-state index in [2.05, 4.69) is 29.9 Å². The van der Waals surface area contributed by atoms with Crippen LogP contribution in [0.25, 0.3) is 22.3 Å². The topological polar surface area (TPSA) is 330 Å². The summed E-state index contributed by atoms with van der Waals surface area (Å²) in [6.45, 7) is -1.65. The minimum absolute atomic E-state index is 0.0383. The van der Waals surface area contributed by atoms with Crippen molar-refractivity contribution >= 4 is 49.7 Å². The van der Waals surface area contributed by atoms with Crippen LogP contribution in [0.2, 0.25) is 0 Å². The molecule has 7 rings (SSSR count). The van der Waals surface area contributed by atoms with E-state index in [-0.39, 0.29) is 34.1 Å². The van der Waals surface area contributed by atoms with Crippen LogP contribution in [0.15, 0.2) is 23.8 Å². The molecule has 0 aliphatic carbocycles. The number of ether oxygens (including phenoxy) is 2. The third-order valence-corrected chi connectivity index (χ3v) is 9.29. The first-order chi connectivity index (χ1) is 21.3. The van der Waals surface area contributed by atoms with Gasteiger partial charge in [-0.05, 0) is 0 Å². The van der Waals surface area contributed by atoms with E-state index >= 15 is 0 Å². The summed E-state index contributed by atoms with van der Waals surface area (Å²) in [7, 11) is -10.1. The van der Waals surface area contributed by atoms with Gasteiger partial charge in [0.2, 0.25) is 5.95 Å². The summed E-state index contributed by atoms with van der Waals surface area (Å²) >= 11 is 0. The average Bonchev–Trinajstić information content (AvgIpc) is 3.72. The van der Waals surface area contributed by atoms with Gasteiger partial charge in [-0.3, -0.25) is 37.0 Å². The number of nitrogens with two attached hydrogens (primary N) is 2. The Hall–Kier alpha value is -3.44. The van der Waals surface area contributed by atoms with Crippen molar-refractivity contribution in [3.8, 4) is 0 Å². The zero-order valence-electron chi connectivity index (χ0n) is 22.4. The number of aromatic amines is 1. The minimum Gasteiger partial charge on any atom is -0.386 e. The fourth-order valence-electron chi connectivity index (χ4n) is 5.32. The van der Waals surface area contributed by atoms with E-state index in [1.807, 2.05) is 0 Å². The quantitative estimate of drug-likeness (QED) is 0.109. The van der Waals surface area contributed by atoms with Crippen molar-refractivity contribution in [3.63, 3.8) is 0 Å². The molecule has 0 spiro atoms. The molecule has 3 aliphatic rings. The third kappa shape index (κ3) is 5.31. The van der Waals surface area contributed by atoms with Crippen LogP contribution in [-0.2, 0) is 36.7 Å². The van der Waals surface area contributed by atoms with Crippen molar-refractivity contribution in [3.05, 3.63) is 29.3 Å². The molecule has 7 heterocycles. The number of imidazole rings is 2. The van der Waals surface area contributed by atoms with Gasteiger partial charge in [-0.2, -0.15) is 4.98 Å². The number of phosphoric ester groups is 2. The normalized spacial score (nSPS) is 37.7. The molecular formula is C20H24N10O13P2. The van der Waals surface area contributed by atoms with Crippen LogP contribution in [0.5, 0.6) is 0 Å². The third-order valence-electron chi connectivity index (χ3n) is 7.32. The van der Waals surface area contributed by atoms with Crippen LogP contribution >= 0.6 is 15.6 Å². The molecule has 4 aromatic heterocycles. The monoisotopic (exact) mass is 674 g/mol. The van der Waals surface area contributed by atoms with E-state index < -0.39 is 83.5 Å². The zero-order valence-corrected chi connectivity index (χ0v) is 24.2. The summed E-state index contributed by atoms with van der Waals surface area (Å²) in [5, 5.41) is 22.2. The van der Waals surface area contributed by atoms with Gasteiger partial charge >= 0.3 is 15.6 Å². The smallest absolute Gasteiger partial charge is 0.386 e.